The van der Waals surface area contributed by atoms with Crippen molar-refractivity contribution in [2.24, 2.45) is 5.92 Å². The number of benzene rings is 1. The molecular weight excluding hydrogens is 250 g/mol. The first-order valence-corrected chi connectivity index (χ1v) is 7.13. The molecule has 0 aliphatic carbocycles. The molecule has 0 atom stereocenters. The molecule has 4 heteroatoms. The first-order valence-electron chi connectivity index (χ1n) is 7.13. The van der Waals surface area contributed by atoms with E-state index in [2.05, 4.69) is 12.0 Å². The van der Waals surface area contributed by atoms with E-state index in [0.717, 1.165) is 43.1 Å². The molecule has 20 heavy (non-hydrogen) atoms. The van der Waals surface area contributed by atoms with Crippen molar-refractivity contribution < 1.29 is 4.79 Å². The van der Waals surface area contributed by atoms with Crippen LogP contribution in [0, 0.1) is 5.92 Å². The Morgan fingerprint density at radius 3 is 2.75 bits per heavy atom. The molecule has 2 aromatic rings. The summed E-state index contributed by atoms with van der Waals surface area (Å²) < 4.78 is 1.77. The largest absolute Gasteiger partial charge is 0.339 e. The van der Waals surface area contributed by atoms with E-state index in [-0.39, 0.29) is 5.91 Å². The second kappa shape index (κ2) is 5.49. The zero-order chi connectivity index (χ0) is 13.9. The fourth-order valence-corrected chi connectivity index (χ4v) is 2.60. The molecule has 0 radical (unpaired) electrons. The molecular formula is C16H19N3O. The fourth-order valence-electron chi connectivity index (χ4n) is 2.60. The van der Waals surface area contributed by atoms with Crippen molar-refractivity contribution in [2.45, 2.75) is 19.8 Å². The molecule has 0 unspecified atom stereocenters. The van der Waals surface area contributed by atoms with Crippen LogP contribution < -0.4 is 0 Å². The third kappa shape index (κ3) is 2.59. The number of aromatic nitrogens is 2. The summed E-state index contributed by atoms with van der Waals surface area (Å²) in [6, 6.07) is 9.54. The molecule has 0 spiro atoms. The van der Waals surface area contributed by atoms with Gasteiger partial charge in [-0.05, 0) is 43.0 Å². The number of hydrogen-bond donors (Lipinski definition) is 0. The molecule has 1 saturated heterocycles. The highest BCUT2D eigenvalue weighted by atomic mass is 16.2. The lowest BCUT2D eigenvalue weighted by atomic mass is 9.98. The lowest BCUT2D eigenvalue weighted by Crippen LogP contribution is -2.37. The summed E-state index contributed by atoms with van der Waals surface area (Å²) >= 11 is 0. The maximum Gasteiger partial charge on any atom is 0.253 e. The van der Waals surface area contributed by atoms with E-state index >= 15 is 0 Å². The third-order valence-corrected chi connectivity index (χ3v) is 3.93. The molecule has 1 fully saturated rings. The number of nitrogens with zero attached hydrogens (tertiary/aromatic N) is 3. The van der Waals surface area contributed by atoms with E-state index in [1.165, 1.54) is 0 Å². The highest BCUT2D eigenvalue weighted by molar-refractivity contribution is 5.94. The van der Waals surface area contributed by atoms with Gasteiger partial charge in [0.2, 0.25) is 0 Å². The molecule has 104 valence electrons. The Bertz CT molecular complexity index is 584. The van der Waals surface area contributed by atoms with Crippen LogP contribution in [0.1, 0.15) is 30.1 Å². The number of hydrogen-bond acceptors (Lipinski definition) is 2. The Kier molecular flexibility index (Phi) is 3.54. The predicted molar refractivity (Wildman–Crippen MR) is 77.9 cm³/mol. The topological polar surface area (TPSA) is 38.1 Å². The van der Waals surface area contributed by atoms with Gasteiger partial charge in [0.05, 0.1) is 5.69 Å². The summed E-state index contributed by atoms with van der Waals surface area (Å²) in [5.41, 5.74) is 1.67. The average Bonchev–Trinajstić information content (AvgIpc) is 3.02. The lowest BCUT2D eigenvalue weighted by Gasteiger charge is -2.30. The number of likely N-dealkylation sites (tertiary alicyclic amines) is 1. The Morgan fingerprint density at radius 1 is 1.25 bits per heavy atom. The molecule has 1 amide bonds. The van der Waals surface area contributed by atoms with Crippen LogP contribution in [-0.4, -0.2) is 33.7 Å². The van der Waals surface area contributed by atoms with Crippen LogP contribution in [0.4, 0.5) is 0 Å². The van der Waals surface area contributed by atoms with E-state index in [9.17, 15) is 4.79 Å². The fraction of sp³-hybridized carbons (Fsp3) is 0.375. The Hall–Kier alpha value is -2.10. The summed E-state index contributed by atoms with van der Waals surface area (Å²) in [7, 11) is 0. The summed E-state index contributed by atoms with van der Waals surface area (Å²) in [5, 5.41) is 4.20. The summed E-state index contributed by atoms with van der Waals surface area (Å²) in [6.07, 6.45) is 5.82. The van der Waals surface area contributed by atoms with E-state index in [1.54, 1.807) is 10.9 Å². The van der Waals surface area contributed by atoms with Crippen molar-refractivity contribution in [3.63, 3.8) is 0 Å². The number of rotatable bonds is 2. The number of carbonyl (C=O) groups excluding carboxylic acids is 1. The van der Waals surface area contributed by atoms with Crippen molar-refractivity contribution in [3.05, 3.63) is 48.3 Å². The van der Waals surface area contributed by atoms with Crippen molar-refractivity contribution in [1.82, 2.24) is 14.7 Å². The molecule has 2 heterocycles. The van der Waals surface area contributed by atoms with Crippen LogP contribution in [0.2, 0.25) is 0 Å². The Morgan fingerprint density at radius 2 is 2.05 bits per heavy atom. The molecule has 1 aromatic heterocycles. The second-order valence-electron chi connectivity index (χ2n) is 5.48. The van der Waals surface area contributed by atoms with Crippen LogP contribution in [0.15, 0.2) is 42.7 Å². The molecule has 4 nitrogen and oxygen atoms in total. The van der Waals surface area contributed by atoms with Crippen LogP contribution in [-0.2, 0) is 0 Å². The molecule has 0 N–H and O–H groups in total. The number of carbonyl (C=O) groups is 1. The highest BCUT2D eigenvalue weighted by Gasteiger charge is 2.21. The van der Waals surface area contributed by atoms with Crippen molar-refractivity contribution in [2.75, 3.05) is 13.1 Å². The molecule has 3 rings (SSSR count). The van der Waals surface area contributed by atoms with Gasteiger partial charge in [-0.2, -0.15) is 5.10 Å². The van der Waals surface area contributed by atoms with Gasteiger partial charge in [-0.15, -0.1) is 0 Å². The highest BCUT2D eigenvalue weighted by Crippen LogP contribution is 2.19. The van der Waals surface area contributed by atoms with Gasteiger partial charge < -0.3 is 4.90 Å². The van der Waals surface area contributed by atoms with E-state index in [1.807, 2.05) is 41.4 Å². The van der Waals surface area contributed by atoms with Gasteiger partial charge in [-0.3, -0.25) is 4.79 Å². The smallest absolute Gasteiger partial charge is 0.253 e. The molecule has 0 saturated carbocycles. The number of piperidine rings is 1. The van der Waals surface area contributed by atoms with Crippen LogP contribution in [0.5, 0.6) is 0 Å². The zero-order valence-corrected chi connectivity index (χ0v) is 11.7. The molecule has 0 bridgehead atoms. The van der Waals surface area contributed by atoms with Gasteiger partial charge >= 0.3 is 0 Å². The zero-order valence-electron chi connectivity index (χ0n) is 11.7. The second-order valence-corrected chi connectivity index (χ2v) is 5.48. The van der Waals surface area contributed by atoms with E-state index in [0.29, 0.717) is 0 Å². The minimum absolute atomic E-state index is 0.130. The van der Waals surface area contributed by atoms with Gasteiger partial charge in [-0.1, -0.05) is 13.0 Å². The third-order valence-electron chi connectivity index (χ3n) is 3.93. The normalized spacial score (nSPS) is 16.4. The maximum atomic E-state index is 12.5. The average molecular weight is 269 g/mol. The van der Waals surface area contributed by atoms with Crippen molar-refractivity contribution in [3.8, 4) is 5.69 Å². The first-order chi connectivity index (χ1) is 9.74. The van der Waals surface area contributed by atoms with Gasteiger partial charge in [0.1, 0.15) is 0 Å². The minimum atomic E-state index is 0.130. The maximum absolute atomic E-state index is 12.5. The summed E-state index contributed by atoms with van der Waals surface area (Å²) in [4.78, 5) is 14.5. The van der Waals surface area contributed by atoms with Crippen LogP contribution >= 0.6 is 0 Å². The van der Waals surface area contributed by atoms with Crippen LogP contribution in [0.3, 0.4) is 0 Å². The van der Waals surface area contributed by atoms with Crippen molar-refractivity contribution in [1.29, 1.82) is 0 Å². The predicted octanol–water partition coefficient (Wildman–Crippen LogP) is 2.74. The molecule has 1 aliphatic rings. The molecule has 1 aromatic carbocycles. The SMILES string of the molecule is CC1CCN(C(=O)c2cccc(-n3cccn3)c2)CC1. The van der Waals surface area contributed by atoms with Gasteiger partial charge in [-0.25, -0.2) is 4.68 Å². The van der Waals surface area contributed by atoms with Gasteiger partial charge in [0, 0.05) is 31.0 Å². The van der Waals surface area contributed by atoms with Crippen molar-refractivity contribution >= 4 is 5.91 Å². The van der Waals surface area contributed by atoms with E-state index < -0.39 is 0 Å². The lowest BCUT2D eigenvalue weighted by molar-refractivity contribution is 0.0697. The summed E-state index contributed by atoms with van der Waals surface area (Å²) in [6.45, 7) is 3.98. The standard InChI is InChI=1S/C16H19N3O/c1-13-6-10-18(11-7-13)16(20)14-4-2-5-15(12-14)19-9-3-8-17-19/h2-5,8-9,12-13H,6-7,10-11H2,1H3. The van der Waals surface area contributed by atoms with Crippen LogP contribution in [0.25, 0.3) is 5.69 Å². The Balaban J connectivity index is 1.80. The first kappa shape index (κ1) is 12.9. The molecule has 1 aliphatic heterocycles. The quantitative estimate of drug-likeness (QED) is 0.840. The Labute approximate surface area is 119 Å². The van der Waals surface area contributed by atoms with E-state index in [4.69, 9.17) is 0 Å². The minimum Gasteiger partial charge on any atom is -0.339 e. The monoisotopic (exact) mass is 269 g/mol. The van der Waals surface area contributed by atoms with Gasteiger partial charge in [0.25, 0.3) is 5.91 Å². The summed E-state index contributed by atoms with van der Waals surface area (Å²) in [5.74, 6) is 0.861. The number of amides is 1. The van der Waals surface area contributed by atoms with Gasteiger partial charge in [0.15, 0.2) is 0 Å².